The molecule has 1 saturated carbocycles. The summed E-state index contributed by atoms with van der Waals surface area (Å²) < 4.78 is 0. The minimum Gasteiger partial charge on any atom is -0.300 e. The fourth-order valence-electron chi connectivity index (χ4n) is 3.12. The van der Waals surface area contributed by atoms with Gasteiger partial charge in [-0.3, -0.25) is 4.90 Å². The molecular formula is C13H22ClN. The number of rotatable bonds is 3. The second-order valence-corrected chi connectivity index (χ2v) is 5.44. The molecule has 0 atom stereocenters. The van der Waals surface area contributed by atoms with Gasteiger partial charge in [0.05, 0.1) is 0 Å². The van der Waals surface area contributed by atoms with Crippen molar-refractivity contribution < 1.29 is 0 Å². The van der Waals surface area contributed by atoms with Crippen LogP contribution in [0.2, 0.25) is 0 Å². The summed E-state index contributed by atoms with van der Waals surface area (Å²) in [6.07, 6.45) is 13.1. The number of likely N-dealkylation sites (tertiary alicyclic amines) is 1. The largest absolute Gasteiger partial charge is 0.300 e. The van der Waals surface area contributed by atoms with Crippen LogP contribution in [0.1, 0.15) is 38.5 Å². The third-order valence-electron chi connectivity index (χ3n) is 4.20. The second-order valence-electron chi connectivity index (χ2n) is 5.13. The first-order valence-corrected chi connectivity index (χ1v) is 6.81. The number of piperidine rings is 1. The van der Waals surface area contributed by atoms with E-state index in [2.05, 4.69) is 17.1 Å². The van der Waals surface area contributed by atoms with Crippen LogP contribution in [0.3, 0.4) is 0 Å². The Bertz CT molecular complexity index is 209. The number of allylic oxidation sites excluding steroid dienone is 1. The summed E-state index contributed by atoms with van der Waals surface area (Å²) in [7, 11) is 0. The molecule has 2 rings (SSSR count). The first-order chi connectivity index (χ1) is 7.35. The van der Waals surface area contributed by atoms with Crippen molar-refractivity contribution >= 4 is 11.6 Å². The van der Waals surface area contributed by atoms with E-state index in [-0.39, 0.29) is 0 Å². The Morgan fingerprint density at radius 1 is 1.00 bits per heavy atom. The molecule has 0 aromatic rings. The Morgan fingerprint density at radius 3 is 2.27 bits per heavy atom. The highest BCUT2D eigenvalue weighted by molar-refractivity contribution is 6.18. The van der Waals surface area contributed by atoms with Crippen LogP contribution in [0.4, 0.5) is 0 Å². The molecule has 1 aliphatic carbocycles. The highest BCUT2D eigenvalue weighted by Crippen LogP contribution is 2.45. The van der Waals surface area contributed by atoms with Crippen LogP contribution in [0, 0.1) is 5.41 Å². The molecule has 0 bridgehead atoms. The Balaban J connectivity index is 1.74. The molecule has 0 amide bonds. The van der Waals surface area contributed by atoms with Crippen LogP contribution in [-0.2, 0) is 0 Å². The van der Waals surface area contributed by atoms with Crippen LogP contribution in [0.5, 0.6) is 0 Å². The van der Waals surface area contributed by atoms with Crippen LogP contribution < -0.4 is 0 Å². The van der Waals surface area contributed by atoms with Crippen molar-refractivity contribution in [3.8, 4) is 0 Å². The Hall–Kier alpha value is -0.0100. The van der Waals surface area contributed by atoms with Crippen molar-refractivity contribution in [2.24, 2.45) is 5.41 Å². The van der Waals surface area contributed by atoms with Crippen LogP contribution in [0.25, 0.3) is 0 Å². The molecule has 0 aromatic heterocycles. The zero-order valence-electron chi connectivity index (χ0n) is 9.55. The van der Waals surface area contributed by atoms with Crippen molar-refractivity contribution in [2.45, 2.75) is 38.5 Å². The van der Waals surface area contributed by atoms with Gasteiger partial charge in [0.1, 0.15) is 0 Å². The number of alkyl halides is 1. The molecule has 0 aromatic carbocycles. The average Bonchev–Trinajstić information content (AvgIpc) is 2.71. The van der Waals surface area contributed by atoms with Gasteiger partial charge in [0, 0.05) is 12.4 Å². The first-order valence-electron chi connectivity index (χ1n) is 6.28. The zero-order chi connectivity index (χ0) is 10.6. The minimum absolute atomic E-state index is 0.651. The predicted molar refractivity (Wildman–Crippen MR) is 66.4 cm³/mol. The summed E-state index contributed by atoms with van der Waals surface area (Å²) in [4.78, 5) is 2.56. The van der Waals surface area contributed by atoms with Crippen molar-refractivity contribution in [3.05, 3.63) is 12.2 Å². The Labute approximate surface area is 98.5 Å². The van der Waals surface area contributed by atoms with Crippen molar-refractivity contribution in [3.63, 3.8) is 0 Å². The third kappa shape index (κ3) is 2.98. The lowest BCUT2D eigenvalue weighted by atomic mass is 9.77. The van der Waals surface area contributed by atoms with Gasteiger partial charge in [0.15, 0.2) is 0 Å². The molecular weight excluding hydrogens is 206 g/mol. The van der Waals surface area contributed by atoms with Crippen molar-refractivity contribution in [1.82, 2.24) is 4.90 Å². The number of hydrogen-bond acceptors (Lipinski definition) is 1. The molecule has 15 heavy (non-hydrogen) atoms. The normalized spacial score (nSPS) is 26.7. The lowest BCUT2D eigenvalue weighted by Crippen LogP contribution is -2.38. The molecule has 2 heteroatoms. The number of hydrogen-bond donors (Lipinski definition) is 0. The van der Waals surface area contributed by atoms with Gasteiger partial charge < -0.3 is 0 Å². The number of halogens is 1. The van der Waals surface area contributed by atoms with Crippen LogP contribution >= 0.6 is 11.6 Å². The minimum atomic E-state index is 0.651. The summed E-state index contributed by atoms with van der Waals surface area (Å²) in [6.45, 7) is 3.70. The molecule has 2 aliphatic rings. The highest BCUT2D eigenvalue weighted by atomic mass is 35.5. The molecule has 1 saturated heterocycles. The molecule has 0 unspecified atom stereocenters. The molecule has 1 aliphatic heterocycles. The van der Waals surface area contributed by atoms with Crippen LogP contribution in [0.15, 0.2) is 12.2 Å². The predicted octanol–water partition coefficient (Wildman–Crippen LogP) is 3.44. The summed E-state index contributed by atoms with van der Waals surface area (Å²) in [5.74, 6) is 0.651. The molecule has 0 N–H and O–H groups in total. The fraction of sp³-hybridized carbons (Fsp3) is 0.846. The highest BCUT2D eigenvalue weighted by Gasteiger charge is 2.36. The van der Waals surface area contributed by atoms with E-state index in [9.17, 15) is 0 Å². The van der Waals surface area contributed by atoms with E-state index in [0.29, 0.717) is 5.88 Å². The van der Waals surface area contributed by atoms with E-state index >= 15 is 0 Å². The summed E-state index contributed by atoms with van der Waals surface area (Å²) in [5.41, 5.74) is 0.757. The van der Waals surface area contributed by atoms with Crippen LogP contribution in [-0.4, -0.2) is 30.4 Å². The quantitative estimate of drug-likeness (QED) is 0.528. The van der Waals surface area contributed by atoms with Crippen molar-refractivity contribution in [1.29, 1.82) is 0 Å². The standard InChI is InChI=1S/C13H22ClN/c14-9-3-4-10-15-11-7-13(8-12-15)5-1-2-6-13/h3-4H,1-2,5-12H2. The lowest BCUT2D eigenvalue weighted by Gasteiger charge is -2.39. The molecule has 0 radical (unpaired) electrons. The van der Waals surface area contributed by atoms with Gasteiger partial charge in [0.2, 0.25) is 0 Å². The monoisotopic (exact) mass is 227 g/mol. The second kappa shape index (κ2) is 5.36. The van der Waals surface area contributed by atoms with E-state index < -0.39 is 0 Å². The molecule has 1 spiro atoms. The van der Waals surface area contributed by atoms with Gasteiger partial charge in [-0.1, -0.05) is 25.0 Å². The van der Waals surface area contributed by atoms with Gasteiger partial charge in [0.25, 0.3) is 0 Å². The SMILES string of the molecule is ClCC=CCN1CCC2(CCCC2)CC1. The van der Waals surface area contributed by atoms with E-state index in [1.807, 2.05) is 0 Å². The molecule has 1 nitrogen and oxygen atoms in total. The van der Waals surface area contributed by atoms with E-state index in [1.165, 1.54) is 51.6 Å². The van der Waals surface area contributed by atoms with Gasteiger partial charge in [-0.25, -0.2) is 0 Å². The maximum Gasteiger partial charge on any atom is 0.0404 e. The Morgan fingerprint density at radius 2 is 1.67 bits per heavy atom. The van der Waals surface area contributed by atoms with Gasteiger partial charge >= 0.3 is 0 Å². The lowest BCUT2D eigenvalue weighted by molar-refractivity contribution is 0.117. The molecule has 1 heterocycles. The van der Waals surface area contributed by atoms with Gasteiger partial charge in [-0.2, -0.15) is 0 Å². The average molecular weight is 228 g/mol. The topological polar surface area (TPSA) is 3.24 Å². The van der Waals surface area contributed by atoms with E-state index in [1.54, 1.807) is 0 Å². The maximum absolute atomic E-state index is 5.61. The Kier molecular flexibility index (Phi) is 4.10. The summed E-state index contributed by atoms with van der Waals surface area (Å²) in [6, 6.07) is 0. The zero-order valence-corrected chi connectivity index (χ0v) is 10.3. The molecule has 2 fully saturated rings. The smallest absolute Gasteiger partial charge is 0.0404 e. The van der Waals surface area contributed by atoms with Gasteiger partial charge in [-0.15, -0.1) is 11.6 Å². The molecule has 86 valence electrons. The first kappa shape index (κ1) is 11.5. The number of nitrogens with zero attached hydrogens (tertiary/aromatic N) is 1. The van der Waals surface area contributed by atoms with Crippen molar-refractivity contribution in [2.75, 3.05) is 25.5 Å². The fourth-order valence-corrected chi connectivity index (χ4v) is 3.25. The van der Waals surface area contributed by atoms with E-state index in [0.717, 1.165) is 12.0 Å². The van der Waals surface area contributed by atoms with Gasteiger partial charge in [-0.05, 0) is 44.2 Å². The third-order valence-corrected chi connectivity index (χ3v) is 4.38. The maximum atomic E-state index is 5.61. The van der Waals surface area contributed by atoms with E-state index in [4.69, 9.17) is 11.6 Å². The summed E-state index contributed by atoms with van der Waals surface area (Å²) in [5, 5.41) is 0. The summed E-state index contributed by atoms with van der Waals surface area (Å²) >= 11 is 5.61.